The van der Waals surface area contributed by atoms with E-state index in [9.17, 15) is 0 Å². The van der Waals surface area contributed by atoms with Crippen LogP contribution in [0, 0.1) is 17.8 Å². The quantitative estimate of drug-likeness (QED) is 0.755. The van der Waals surface area contributed by atoms with Gasteiger partial charge >= 0.3 is 0 Å². The topological polar surface area (TPSA) is 15.3 Å². The molecule has 0 spiro atoms. The van der Waals surface area contributed by atoms with Crippen molar-refractivity contribution in [3.05, 3.63) is 11.6 Å². The van der Waals surface area contributed by atoms with Gasteiger partial charge < -0.3 is 10.2 Å². The van der Waals surface area contributed by atoms with Crippen LogP contribution in [0.15, 0.2) is 11.6 Å². The highest BCUT2D eigenvalue weighted by atomic mass is 15.1. The molecular formula is C16H30N2. The number of allylic oxidation sites excluding steroid dienone is 2. The predicted octanol–water partition coefficient (Wildman–Crippen LogP) is 2.91. The van der Waals surface area contributed by atoms with Crippen molar-refractivity contribution in [3.8, 4) is 0 Å². The van der Waals surface area contributed by atoms with E-state index in [1.54, 1.807) is 5.57 Å². The molecule has 2 heteroatoms. The zero-order valence-electron chi connectivity index (χ0n) is 12.4. The molecule has 1 aliphatic carbocycles. The first-order valence-electron chi connectivity index (χ1n) is 7.77. The molecule has 2 aliphatic rings. The van der Waals surface area contributed by atoms with Gasteiger partial charge in [-0.2, -0.15) is 0 Å². The Bertz CT molecular complexity index is 285. The predicted molar refractivity (Wildman–Crippen MR) is 78.7 cm³/mol. The molecular weight excluding hydrogens is 220 g/mol. The first-order valence-corrected chi connectivity index (χ1v) is 7.77. The minimum absolute atomic E-state index is 0.785. The summed E-state index contributed by atoms with van der Waals surface area (Å²) in [5.74, 6) is 2.55. The van der Waals surface area contributed by atoms with Crippen LogP contribution >= 0.6 is 0 Å². The van der Waals surface area contributed by atoms with Gasteiger partial charge in [-0.05, 0) is 70.1 Å². The summed E-state index contributed by atoms with van der Waals surface area (Å²) in [5, 5.41) is 3.73. The summed E-state index contributed by atoms with van der Waals surface area (Å²) in [6.45, 7) is 13.2. The van der Waals surface area contributed by atoms with E-state index in [0.29, 0.717) is 0 Å². The minimum Gasteiger partial charge on any atom is -0.316 e. The Balaban J connectivity index is 1.63. The van der Waals surface area contributed by atoms with Crippen molar-refractivity contribution in [2.75, 3.05) is 32.7 Å². The lowest BCUT2D eigenvalue weighted by atomic mass is 9.83. The number of nitrogens with one attached hydrogen (secondary N) is 1. The molecule has 18 heavy (non-hydrogen) atoms. The highest BCUT2D eigenvalue weighted by Crippen LogP contribution is 2.27. The molecule has 0 bridgehead atoms. The number of likely N-dealkylation sites (tertiary alicyclic amines) is 1. The van der Waals surface area contributed by atoms with Gasteiger partial charge in [0, 0.05) is 6.54 Å². The molecule has 3 atom stereocenters. The van der Waals surface area contributed by atoms with Gasteiger partial charge in [-0.1, -0.05) is 25.5 Å². The normalized spacial score (nSPS) is 33.7. The van der Waals surface area contributed by atoms with Crippen molar-refractivity contribution in [2.24, 2.45) is 17.8 Å². The van der Waals surface area contributed by atoms with Crippen LogP contribution in [0.5, 0.6) is 0 Å². The van der Waals surface area contributed by atoms with Gasteiger partial charge in [-0.3, -0.25) is 0 Å². The second kappa shape index (κ2) is 6.72. The molecule has 2 rings (SSSR count). The molecule has 0 amide bonds. The number of hydrogen-bond donors (Lipinski definition) is 1. The van der Waals surface area contributed by atoms with E-state index in [-0.39, 0.29) is 0 Å². The maximum atomic E-state index is 3.73. The molecule has 0 radical (unpaired) electrons. The molecule has 1 heterocycles. The first-order chi connectivity index (χ1) is 8.67. The van der Waals surface area contributed by atoms with Crippen molar-refractivity contribution < 1.29 is 0 Å². The van der Waals surface area contributed by atoms with Gasteiger partial charge in [-0.25, -0.2) is 0 Å². The lowest BCUT2D eigenvalue weighted by molar-refractivity contribution is 0.330. The molecule has 0 aromatic rings. The first kappa shape index (κ1) is 14.1. The van der Waals surface area contributed by atoms with Crippen molar-refractivity contribution in [3.63, 3.8) is 0 Å². The van der Waals surface area contributed by atoms with Crippen LogP contribution in [0.1, 0.15) is 40.0 Å². The van der Waals surface area contributed by atoms with E-state index in [0.717, 1.165) is 17.8 Å². The maximum absolute atomic E-state index is 3.73. The Kier molecular flexibility index (Phi) is 5.25. The van der Waals surface area contributed by atoms with E-state index < -0.39 is 0 Å². The number of rotatable bonds is 5. The van der Waals surface area contributed by atoms with Gasteiger partial charge in [0.1, 0.15) is 0 Å². The maximum Gasteiger partial charge on any atom is 0.00222 e. The van der Waals surface area contributed by atoms with Gasteiger partial charge in [0.25, 0.3) is 0 Å². The summed E-state index contributed by atoms with van der Waals surface area (Å²) >= 11 is 0. The SMILES string of the molecule is CCN1CCC(CNCC2CC(C)=CC(C)C2)C1. The Labute approximate surface area is 113 Å². The van der Waals surface area contributed by atoms with Crippen LogP contribution in [-0.2, 0) is 0 Å². The third-order valence-corrected chi connectivity index (χ3v) is 4.57. The average Bonchev–Trinajstić information content (AvgIpc) is 2.76. The molecule has 2 nitrogen and oxygen atoms in total. The van der Waals surface area contributed by atoms with Gasteiger partial charge in [0.05, 0.1) is 0 Å². The monoisotopic (exact) mass is 250 g/mol. The van der Waals surface area contributed by atoms with Crippen molar-refractivity contribution in [1.29, 1.82) is 0 Å². The van der Waals surface area contributed by atoms with Crippen LogP contribution in [0.4, 0.5) is 0 Å². The smallest absolute Gasteiger partial charge is 0.00222 e. The van der Waals surface area contributed by atoms with Crippen molar-refractivity contribution in [2.45, 2.75) is 40.0 Å². The second-order valence-electron chi connectivity index (χ2n) is 6.50. The van der Waals surface area contributed by atoms with E-state index in [4.69, 9.17) is 0 Å². The minimum atomic E-state index is 0.785. The molecule has 0 aromatic carbocycles. The summed E-state index contributed by atoms with van der Waals surface area (Å²) in [7, 11) is 0. The van der Waals surface area contributed by atoms with Gasteiger partial charge in [0.15, 0.2) is 0 Å². The third-order valence-electron chi connectivity index (χ3n) is 4.57. The Morgan fingerprint density at radius 3 is 2.78 bits per heavy atom. The van der Waals surface area contributed by atoms with Crippen LogP contribution < -0.4 is 5.32 Å². The zero-order valence-corrected chi connectivity index (χ0v) is 12.4. The summed E-state index contributed by atoms with van der Waals surface area (Å²) in [6.07, 6.45) is 6.52. The lowest BCUT2D eigenvalue weighted by Gasteiger charge is -2.26. The fraction of sp³-hybridized carbons (Fsp3) is 0.875. The highest BCUT2D eigenvalue weighted by molar-refractivity contribution is 5.06. The van der Waals surface area contributed by atoms with Crippen molar-refractivity contribution >= 4 is 0 Å². The molecule has 1 fully saturated rings. The van der Waals surface area contributed by atoms with E-state index >= 15 is 0 Å². The largest absolute Gasteiger partial charge is 0.316 e. The molecule has 1 aliphatic heterocycles. The van der Waals surface area contributed by atoms with Crippen LogP contribution in [0.3, 0.4) is 0 Å². The summed E-state index contributed by atoms with van der Waals surface area (Å²) in [4.78, 5) is 2.57. The summed E-state index contributed by atoms with van der Waals surface area (Å²) < 4.78 is 0. The Morgan fingerprint density at radius 1 is 1.33 bits per heavy atom. The third kappa shape index (κ3) is 4.10. The molecule has 1 saturated heterocycles. The lowest BCUT2D eigenvalue weighted by Crippen LogP contribution is -2.31. The van der Waals surface area contributed by atoms with Crippen LogP contribution in [-0.4, -0.2) is 37.6 Å². The fourth-order valence-electron chi connectivity index (χ4n) is 3.70. The van der Waals surface area contributed by atoms with Crippen LogP contribution in [0.25, 0.3) is 0 Å². The summed E-state index contributed by atoms with van der Waals surface area (Å²) in [5.41, 5.74) is 1.60. The van der Waals surface area contributed by atoms with Crippen LogP contribution in [0.2, 0.25) is 0 Å². The molecule has 104 valence electrons. The average molecular weight is 250 g/mol. The molecule has 3 unspecified atom stereocenters. The highest BCUT2D eigenvalue weighted by Gasteiger charge is 2.22. The molecule has 0 aromatic heterocycles. The van der Waals surface area contributed by atoms with Crippen molar-refractivity contribution in [1.82, 2.24) is 10.2 Å². The zero-order chi connectivity index (χ0) is 13.0. The number of hydrogen-bond acceptors (Lipinski definition) is 2. The Morgan fingerprint density at radius 2 is 2.11 bits per heavy atom. The van der Waals surface area contributed by atoms with E-state index in [1.807, 2.05) is 0 Å². The van der Waals surface area contributed by atoms with Gasteiger partial charge in [0.2, 0.25) is 0 Å². The molecule has 1 N–H and O–H groups in total. The summed E-state index contributed by atoms with van der Waals surface area (Å²) in [6, 6.07) is 0. The number of nitrogens with zero attached hydrogens (tertiary/aromatic N) is 1. The molecule has 0 saturated carbocycles. The van der Waals surface area contributed by atoms with E-state index in [2.05, 4.69) is 37.1 Å². The standard InChI is InChI=1S/C16H30N2/c1-4-18-6-5-15(12-18)10-17-11-16-8-13(2)7-14(3)9-16/h7,13,15-17H,4-6,8-12H2,1-3H3. The van der Waals surface area contributed by atoms with E-state index in [1.165, 1.54) is 52.0 Å². The fourth-order valence-corrected chi connectivity index (χ4v) is 3.70. The van der Waals surface area contributed by atoms with Gasteiger partial charge in [-0.15, -0.1) is 0 Å². The second-order valence-corrected chi connectivity index (χ2v) is 6.50. The Hall–Kier alpha value is -0.340.